The van der Waals surface area contributed by atoms with Gasteiger partial charge in [0.25, 0.3) is 0 Å². The van der Waals surface area contributed by atoms with Gasteiger partial charge in [-0.25, -0.2) is 4.57 Å². The summed E-state index contributed by atoms with van der Waals surface area (Å²) < 4.78 is 2.26. The van der Waals surface area contributed by atoms with Crippen LogP contribution in [0.1, 0.15) is 29.0 Å². The predicted molar refractivity (Wildman–Crippen MR) is 77.7 cm³/mol. The van der Waals surface area contributed by atoms with Gasteiger partial charge in [0.1, 0.15) is 7.05 Å². The molecule has 1 saturated carbocycles. The van der Waals surface area contributed by atoms with Crippen molar-refractivity contribution in [1.29, 1.82) is 0 Å². The van der Waals surface area contributed by atoms with Crippen LogP contribution in [0.15, 0.2) is 42.6 Å². The molecule has 19 heavy (non-hydrogen) atoms. The van der Waals surface area contributed by atoms with E-state index >= 15 is 0 Å². The molecule has 94 valence electrons. The maximum atomic E-state index is 2.40. The summed E-state index contributed by atoms with van der Waals surface area (Å²) in [6.45, 7) is 2.20. The maximum absolute atomic E-state index is 2.40. The fraction of sp³-hybridized carbons (Fsp3) is 0.278. The van der Waals surface area contributed by atoms with Crippen molar-refractivity contribution in [2.75, 3.05) is 0 Å². The van der Waals surface area contributed by atoms with E-state index in [0.29, 0.717) is 0 Å². The van der Waals surface area contributed by atoms with Crippen LogP contribution in [-0.2, 0) is 7.05 Å². The molecule has 2 aliphatic rings. The Bertz CT molecular complexity index is 697. The molecule has 0 saturated heterocycles. The number of rotatable bonds is 1. The van der Waals surface area contributed by atoms with Crippen LogP contribution in [0, 0.1) is 12.8 Å². The minimum absolute atomic E-state index is 0.781. The molecule has 0 aliphatic heterocycles. The fourth-order valence-corrected chi connectivity index (χ4v) is 3.36. The highest BCUT2D eigenvalue weighted by Gasteiger charge is 2.41. The molecule has 2 atom stereocenters. The highest BCUT2D eigenvalue weighted by molar-refractivity contribution is 5.76. The molecule has 0 spiro atoms. The minimum Gasteiger partial charge on any atom is -0.200 e. The van der Waals surface area contributed by atoms with Gasteiger partial charge in [0.15, 0.2) is 6.20 Å². The van der Waals surface area contributed by atoms with Crippen LogP contribution >= 0.6 is 0 Å². The van der Waals surface area contributed by atoms with E-state index in [4.69, 9.17) is 0 Å². The molecular formula is C18H18N+. The smallest absolute Gasteiger partial charge is 0.200 e. The Labute approximate surface area is 114 Å². The van der Waals surface area contributed by atoms with Gasteiger partial charge < -0.3 is 0 Å². The molecule has 0 N–H and O–H groups in total. The number of hydrogen-bond acceptors (Lipinski definition) is 0. The standard InChI is InChI=1S/C18H18N/c1-12-5-3-4-6-14(12)18-16-8-7-13-11-17(13)15(16)9-10-19(18)2/h3-10,13,17H,11H2,1-2H3/q+1. The van der Waals surface area contributed by atoms with Crippen molar-refractivity contribution in [2.45, 2.75) is 19.3 Å². The van der Waals surface area contributed by atoms with Crippen molar-refractivity contribution in [3.05, 3.63) is 59.3 Å². The van der Waals surface area contributed by atoms with Gasteiger partial charge in [0.05, 0.1) is 5.56 Å². The van der Waals surface area contributed by atoms with E-state index in [9.17, 15) is 0 Å². The van der Waals surface area contributed by atoms with Crippen LogP contribution in [0.2, 0.25) is 0 Å². The van der Waals surface area contributed by atoms with Crippen molar-refractivity contribution in [3.63, 3.8) is 0 Å². The second kappa shape index (κ2) is 3.80. The highest BCUT2D eigenvalue weighted by Crippen LogP contribution is 2.53. The average molecular weight is 248 g/mol. The molecule has 1 heterocycles. The molecule has 1 nitrogen and oxygen atoms in total. The Kier molecular flexibility index (Phi) is 2.20. The Hall–Kier alpha value is -1.89. The normalized spacial score (nSPS) is 22.8. The first-order valence-corrected chi connectivity index (χ1v) is 7.02. The van der Waals surface area contributed by atoms with Gasteiger partial charge in [-0.2, -0.15) is 0 Å². The molecule has 1 fully saturated rings. The van der Waals surface area contributed by atoms with E-state index in [0.717, 1.165) is 11.8 Å². The molecule has 1 aromatic carbocycles. The van der Waals surface area contributed by atoms with E-state index in [2.05, 4.69) is 67.2 Å². The van der Waals surface area contributed by atoms with Gasteiger partial charge in [0, 0.05) is 11.6 Å². The number of hydrogen-bond donors (Lipinski definition) is 0. The summed E-state index contributed by atoms with van der Waals surface area (Å²) in [5.41, 5.74) is 7.03. The number of aromatic nitrogens is 1. The van der Waals surface area contributed by atoms with Gasteiger partial charge in [-0.05, 0) is 42.4 Å². The van der Waals surface area contributed by atoms with Crippen LogP contribution in [0.5, 0.6) is 0 Å². The first-order valence-electron chi connectivity index (χ1n) is 7.02. The fourth-order valence-electron chi connectivity index (χ4n) is 3.36. The van der Waals surface area contributed by atoms with Crippen LogP contribution in [0.4, 0.5) is 0 Å². The molecule has 4 rings (SSSR count). The second-order valence-electron chi connectivity index (χ2n) is 5.82. The van der Waals surface area contributed by atoms with Crippen molar-refractivity contribution < 1.29 is 4.57 Å². The third kappa shape index (κ3) is 1.58. The van der Waals surface area contributed by atoms with E-state index in [1.807, 2.05) is 0 Å². The molecule has 1 aromatic heterocycles. The summed E-state index contributed by atoms with van der Waals surface area (Å²) in [6, 6.07) is 11.0. The first kappa shape index (κ1) is 11.0. The molecule has 2 aromatic rings. The third-order valence-corrected chi connectivity index (χ3v) is 4.55. The highest BCUT2D eigenvalue weighted by atomic mass is 14.9. The third-order valence-electron chi connectivity index (χ3n) is 4.55. The lowest BCUT2D eigenvalue weighted by Gasteiger charge is -2.13. The maximum Gasteiger partial charge on any atom is 0.220 e. The Morgan fingerprint density at radius 2 is 2.00 bits per heavy atom. The largest absolute Gasteiger partial charge is 0.220 e. The van der Waals surface area contributed by atoms with Crippen LogP contribution in [-0.4, -0.2) is 0 Å². The number of nitrogens with zero attached hydrogens (tertiary/aromatic N) is 1. The molecule has 0 bridgehead atoms. The molecule has 0 radical (unpaired) electrons. The van der Waals surface area contributed by atoms with Gasteiger partial charge in [-0.15, -0.1) is 0 Å². The number of pyridine rings is 1. The zero-order chi connectivity index (χ0) is 13.0. The zero-order valence-corrected chi connectivity index (χ0v) is 11.4. The average Bonchev–Trinajstić information content (AvgIpc) is 3.19. The predicted octanol–water partition coefficient (Wildman–Crippen LogP) is 3.62. The first-order chi connectivity index (χ1) is 9.25. The summed E-state index contributed by atoms with van der Waals surface area (Å²) in [7, 11) is 2.15. The molecule has 1 heteroatoms. The summed E-state index contributed by atoms with van der Waals surface area (Å²) in [5, 5.41) is 0. The number of benzene rings is 1. The summed E-state index contributed by atoms with van der Waals surface area (Å²) in [5.74, 6) is 1.59. The van der Waals surface area contributed by atoms with Crippen LogP contribution < -0.4 is 4.57 Å². The SMILES string of the molecule is Cc1ccccc1-c1c2c(cc[n+]1C)C1CC1C=C2. The van der Waals surface area contributed by atoms with Gasteiger partial charge >= 0.3 is 0 Å². The van der Waals surface area contributed by atoms with Crippen molar-refractivity contribution >= 4 is 6.08 Å². The van der Waals surface area contributed by atoms with E-state index in [-0.39, 0.29) is 0 Å². The lowest BCUT2D eigenvalue weighted by Crippen LogP contribution is -2.32. The number of fused-ring (bicyclic) bond motifs is 3. The quantitative estimate of drug-likeness (QED) is 0.679. The molecule has 0 amide bonds. The molecular weight excluding hydrogens is 230 g/mol. The van der Waals surface area contributed by atoms with E-state index in [1.165, 1.54) is 28.8 Å². The number of aryl methyl sites for hydroxylation is 2. The zero-order valence-electron chi connectivity index (χ0n) is 11.4. The van der Waals surface area contributed by atoms with Crippen LogP contribution in [0.25, 0.3) is 17.3 Å². The summed E-state index contributed by atoms with van der Waals surface area (Å²) in [4.78, 5) is 0. The summed E-state index contributed by atoms with van der Waals surface area (Å²) >= 11 is 0. The topological polar surface area (TPSA) is 3.88 Å². The summed E-state index contributed by atoms with van der Waals surface area (Å²) in [6.07, 6.45) is 8.29. The molecule has 2 unspecified atom stereocenters. The van der Waals surface area contributed by atoms with E-state index < -0.39 is 0 Å². The van der Waals surface area contributed by atoms with Gasteiger partial charge in [-0.1, -0.05) is 30.4 Å². The van der Waals surface area contributed by atoms with Gasteiger partial charge in [-0.3, -0.25) is 0 Å². The lowest BCUT2D eigenvalue weighted by molar-refractivity contribution is -0.660. The van der Waals surface area contributed by atoms with Crippen molar-refractivity contribution in [2.24, 2.45) is 13.0 Å². The van der Waals surface area contributed by atoms with Crippen molar-refractivity contribution in [3.8, 4) is 11.3 Å². The lowest BCUT2D eigenvalue weighted by atomic mass is 9.92. The van der Waals surface area contributed by atoms with Gasteiger partial charge in [0.2, 0.25) is 5.69 Å². The monoisotopic (exact) mass is 248 g/mol. The Balaban J connectivity index is 2.01. The second-order valence-corrected chi connectivity index (χ2v) is 5.82. The van der Waals surface area contributed by atoms with Crippen molar-refractivity contribution in [1.82, 2.24) is 0 Å². The molecule has 2 aliphatic carbocycles. The Morgan fingerprint density at radius 3 is 2.84 bits per heavy atom. The Morgan fingerprint density at radius 1 is 1.16 bits per heavy atom. The minimum atomic E-state index is 0.781. The number of allylic oxidation sites excluding steroid dienone is 1. The van der Waals surface area contributed by atoms with E-state index in [1.54, 1.807) is 5.56 Å². The van der Waals surface area contributed by atoms with Crippen LogP contribution in [0.3, 0.4) is 0 Å².